The lowest BCUT2D eigenvalue weighted by molar-refractivity contribution is 1.20. The average molecular weight is 476 g/mol. The highest BCUT2D eigenvalue weighted by Crippen LogP contribution is 2.46. The second-order valence-corrected chi connectivity index (χ2v) is 10.4. The molecule has 0 aromatic heterocycles. The van der Waals surface area contributed by atoms with Crippen LogP contribution in [0.5, 0.6) is 0 Å². The molecule has 7 rings (SSSR count). The fourth-order valence-electron chi connectivity index (χ4n) is 6.53. The summed E-state index contributed by atoms with van der Waals surface area (Å²) >= 11 is 0. The summed E-state index contributed by atoms with van der Waals surface area (Å²) in [7, 11) is 0. The Kier molecular flexibility index (Phi) is 4.84. The number of hydrogen-bond donors (Lipinski definition) is 0. The van der Waals surface area contributed by atoms with Crippen molar-refractivity contribution in [2.75, 3.05) is 9.80 Å². The van der Waals surface area contributed by atoms with E-state index in [0.717, 1.165) is 0 Å². The predicted molar refractivity (Wildman–Crippen MR) is 159 cm³/mol. The van der Waals surface area contributed by atoms with Crippen molar-refractivity contribution in [2.24, 2.45) is 0 Å². The first-order valence-electron chi connectivity index (χ1n) is 13.1. The standard InChI is InChI=1S/C34H29BN2/c1-22-12-8-9-19-29(22)37-30-21-20-25(4)34-31(30)35(28-18-11-14-24(3)33(28)37)27-17-10-13-23(2)32(27)36(34)26-15-6-5-7-16-26/h5-21H,1-4H3. The lowest BCUT2D eigenvalue weighted by Crippen LogP contribution is -2.62. The summed E-state index contributed by atoms with van der Waals surface area (Å²) in [6.07, 6.45) is 0. The van der Waals surface area contributed by atoms with E-state index in [4.69, 9.17) is 0 Å². The second-order valence-electron chi connectivity index (χ2n) is 10.4. The third-order valence-electron chi connectivity index (χ3n) is 8.13. The van der Waals surface area contributed by atoms with Gasteiger partial charge < -0.3 is 9.80 Å². The summed E-state index contributed by atoms with van der Waals surface area (Å²) in [6, 6.07) is 37.9. The molecule has 178 valence electrons. The maximum absolute atomic E-state index is 2.51. The number of hydrogen-bond acceptors (Lipinski definition) is 2. The highest BCUT2D eigenvalue weighted by atomic mass is 15.2. The van der Waals surface area contributed by atoms with E-state index in [1.54, 1.807) is 0 Å². The number of anilines is 6. The zero-order chi connectivity index (χ0) is 25.3. The van der Waals surface area contributed by atoms with Crippen LogP contribution in [0.1, 0.15) is 22.3 Å². The highest BCUT2D eigenvalue weighted by molar-refractivity contribution is 7.00. The molecule has 2 aliphatic heterocycles. The Hall–Kier alpha value is -4.24. The third kappa shape index (κ3) is 3.07. The van der Waals surface area contributed by atoms with E-state index in [0.29, 0.717) is 0 Å². The average Bonchev–Trinajstić information content (AvgIpc) is 2.91. The number of nitrogens with zero attached hydrogens (tertiary/aromatic N) is 2. The van der Waals surface area contributed by atoms with Gasteiger partial charge in [0.15, 0.2) is 0 Å². The SMILES string of the molecule is Cc1ccccc1N1c2ccc(C)c3c2B(c2cccc(C)c21)c1cccc(C)c1N3c1ccccc1. The van der Waals surface area contributed by atoms with Gasteiger partial charge in [0.2, 0.25) is 0 Å². The van der Waals surface area contributed by atoms with E-state index in [9.17, 15) is 0 Å². The molecule has 0 unspecified atom stereocenters. The minimum absolute atomic E-state index is 0.176. The summed E-state index contributed by atoms with van der Waals surface area (Å²) in [5.41, 5.74) is 16.9. The van der Waals surface area contributed by atoms with E-state index in [1.165, 1.54) is 72.8 Å². The molecule has 0 saturated heterocycles. The molecule has 0 amide bonds. The second kappa shape index (κ2) is 8.14. The molecular weight excluding hydrogens is 447 g/mol. The van der Waals surface area contributed by atoms with Crippen molar-refractivity contribution in [3.63, 3.8) is 0 Å². The maximum atomic E-state index is 2.51. The summed E-state index contributed by atoms with van der Waals surface area (Å²) in [5, 5.41) is 0. The molecule has 0 saturated carbocycles. The van der Waals surface area contributed by atoms with Crippen molar-refractivity contribution in [1.82, 2.24) is 0 Å². The normalized spacial score (nSPS) is 13.2. The molecule has 0 bridgehead atoms. The maximum Gasteiger partial charge on any atom is 0.252 e. The Morgan fingerprint density at radius 1 is 0.432 bits per heavy atom. The summed E-state index contributed by atoms with van der Waals surface area (Å²) in [6.45, 7) is 9.15. The first kappa shape index (κ1) is 22.0. The molecule has 3 heteroatoms. The van der Waals surface area contributed by atoms with Crippen molar-refractivity contribution in [3.05, 3.63) is 125 Å². The van der Waals surface area contributed by atoms with Crippen LogP contribution in [0.15, 0.2) is 103 Å². The third-order valence-corrected chi connectivity index (χ3v) is 8.13. The highest BCUT2D eigenvalue weighted by Gasteiger charge is 2.44. The van der Waals surface area contributed by atoms with Gasteiger partial charge in [0.05, 0.1) is 0 Å². The van der Waals surface area contributed by atoms with E-state index in [2.05, 4.69) is 141 Å². The Morgan fingerprint density at radius 3 is 1.68 bits per heavy atom. The van der Waals surface area contributed by atoms with Crippen LogP contribution in [-0.2, 0) is 0 Å². The predicted octanol–water partition coefficient (Wildman–Crippen LogP) is 7.00. The molecular formula is C34H29BN2. The molecule has 5 aromatic rings. The van der Waals surface area contributed by atoms with Crippen molar-refractivity contribution < 1.29 is 0 Å². The molecule has 0 spiro atoms. The minimum atomic E-state index is 0.176. The molecule has 0 N–H and O–H groups in total. The Balaban J connectivity index is 1.65. The van der Waals surface area contributed by atoms with Crippen molar-refractivity contribution >= 4 is 57.2 Å². The fourth-order valence-corrected chi connectivity index (χ4v) is 6.53. The monoisotopic (exact) mass is 476 g/mol. The van der Waals surface area contributed by atoms with E-state index in [-0.39, 0.29) is 6.71 Å². The number of fused-ring (bicyclic) bond motifs is 4. The van der Waals surface area contributed by atoms with Crippen molar-refractivity contribution in [1.29, 1.82) is 0 Å². The first-order valence-corrected chi connectivity index (χ1v) is 13.1. The fraction of sp³-hybridized carbons (Fsp3) is 0.118. The minimum Gasteiger partial charge on any atom is -0.311 e. The van der Waals surface area contributed by atoms with Crippen molar-refractivity contribution in [3.8, 4) is 0 Å². The van der Waals surface area contributed by atoms with Gasteiger partial charge in [-0.25, -0.2) is 0 Å². The van der Waals surface area contributed by atoms with Crippen LogP contribution in [-0.4, -0.2) is 6.71 Å². The first-order chi connectivity index (χ1) is 18.1. The largest absolute Gasteiger partial charge is 0.311 e. The van der Waals surface area contributed by atoms with Crippen LogP contribution in [0.3, 0.4) is 0 Å². The molecule has 37 heavy (non-hydrogen) atoms. The van der Waals surface area contributed by atoms with Crippen LogP contribution in [0.25, 0.3) is 0 Å². The quantitative estimate of drug-likeness (QED) is 0.248. The molecule has 0 aliphatic carbocycles. The summed E-state index contributed by atoms with van der Waals surface area (Å²) < 4.78 is 0. The van der Waals surface area contributed by atoms with Crippen LogP contribution >= 0.6 is 0 Å². The van der Waals surface area contributed by atoms with Gasteiger partial charge in [0.25, 0.3) is 6.71 Å². The van der Waals surface area contributed by atoms with Gasteiger partial charge in [-0.15, -0.1) is 0 Å². The van der Waals surface area contributed by atoms with Gasteiger partial charge in [0.1, 0.15) is 0 Å². The van der Waals surface area contributed by atoms with Crippen LogP contribution in [0.4, 0.5) is 34.1 Å². The van der Waals surface area contributed by atoms with Crippen LogP contribution in [0.2, 0.25) is 0 Å². The van der Waals surface area contributed by atoms with Gasteiger partial charge in [-0.05, 0) is 90.6 Å². The van der Waals surface area contributed by atoms with Crippen LogP contribution < -0.4 is 26.2 Å². The molecule has 0 fully saturated rings. The molecule has 0 radical (unpaired) electrons. The van der Waals surface area contributed by atoms with E-state index >= 15 is 0 Å². The van der Waals surface area contributed by atoms with Gasteiger partial charge in [-0.1, -0.05) is 78.9 Å². The van der Waals surface area contributed by atoms with Gasteiger partial charge >= 0.3 is 0 Å². The van der Waals surface area contributed by atoms with Crippen LogP contribution in [0, 0.1) is 27.7 Å². The topological polar surface area (TPSA) is 6.48 Å². The smallest absolute Gasteiger partial charge is 0.252 e. The Morgan fingerprint density at radius 2 is 1.00 bits per heavy atom. The van der Waals surface area contributed by atoms with Crippen molar-refractivity contribution in [2.45, 2.75) is 27.7 Å². The lowest BCUT2D eigenvalue weighted by Gasteiger charge is -2.46. The molecule has 0 atom stereocenters. The molecule has 2 heterocycles. The zero-order valence-corrected chi connectivity index (χ0v) is 21.8. The number of benzene rings is 5. The van der Waals surface area contributed by atoms with Gasteiger partial charge in [0, 0.05) is 34.1 Å². The zero-order valence-electron chi connectivity index (χ0n) is 21.8. The summed E-state index contributed by atoms with van der Waals surface area (Å²) in [4.78, 5) is 5.02. The van der Waals surface area contributed by atoms with E-state index < -0.39 is 0 Å². The Labute approximate surface area is 219 Å². The number of rotatable bonds is 2. The van der Waals surface area contributed by atoms with Gasteiger partial charge in [-0.2, -0.15) is 0 Å². The number of para-hydroxylation sites is 4. The summed E-state index contributed by atoms with van der Waals surface area (Å²) in [5.74, 6) is 0. The molecule has 2 aliphatic rings. The molecule has 2 nitrogen and oxygen atoms in total. The lowest BCUT2D eigenvalue weighted by atomic mass is 9.33. The molecule has 5 aromatic carbocycles. The van der Waals surface area contributed by atoms with E-state index in [1.807, 2.05) is 0 Å². The number of aryl methyl sites for hydroxylation is 4. The Bertz CT molecular complexity index is 1690. The van der Waals surface area contributed by atoms with Gasteiger partial charge in [-0.3, -0.25) is 0 Å².